The van der Waals surface area contributed by atoms with Gasteiger partial charge in [0, 0.05) is 6.42 Å². The van der Waals surface area contributed by atoms with Crippen LogP contribution in [0.2, 0.25) is 0 Å². The predicted octanol–water partition coefficient (Wildman–Crippen LogP) is 1.89. The molecular weight excluding hydrogens is 218 g/mol. The zero-order valence-electron chi connectivity index (χ0n) is 9.43. The minimum atomic E-state index is -0.876. The van der Waals surface area contributed by atoms with E-state index >= 15 is 0 Å². The van der Waals surface area contributed by atoms with Crippen LogP contribution in [0.5, 0.6) is 0 Å². The van der Waals surface area contributed by atoms with Crippen LogP contribution in [0.1, 0.15) is 24.4 Å². The number of hydrogen-bond donors (Lipinski definition) is 2. The van der Waals surface area contributed by atoms with Gasteiger partial charge in [-0.1, -0.05) is 36.9 Å². The van der Waals surface area contributed by atoms with Crippen LogP contribution in [0.15, 0.2) is 43.0 Å². The number of benzene rings is 1. The van der Waals surface area contributed by atoms with Crippen molar-refractivity contribution in [2.24, 2.45) is 0 Å². The van der Waals surface area contributed by atoms with Crippen LogP contribution in [-0.4, -0.2) is 17.0 Å². The van der Waals surface area contributed by atoms with Gasteiger partial charge in [-0.3, -0.25) is 9.59 Å². The summed E-state index contributed by atoms with van der Waals surface area (Å²) in [6, 6.07) is 8.99. The molecule has 1 atom stereocenters. The lowest BCUT2D eigenvalue weighted by atomic mass is 10.0. The lowest BCUT2D eigenvalue weighted by Gasteiger charge is -2.17. The highest BCUT2D eigenvalue weighted by Gasteiger charge is 2.14. The van der Waals surface area contributed by atoms with Crippen molar-refractivity contribution in [3.63, 3.8) is 0 Å². The Kier molecular flexibility index (Phi) is 4.94. The van der Waals surface area contributed by atoms with Gasteiger partial charge in [0.05, 0.1) is 6.04 Å². The summed E-state index contributed by atoms with van der Waals surface area (Å²) >= 11 is 0. The number of hydrogen-bond acceptors (Lipinski definition) is 2. The Morgan fingerprint density at radius 3 is 2.53 bits per heavy atom. The Bertz CT molecular complexity index is 400. The topological polar surface area (TPSA) is 66.4 Å². The molecule has 2 N–H and O–H groups in total. The first-order valence-corrected chi connectivity index (χ1v) is 5.33. The molecule has 90 valence electrons. The van der Waals surface area contributed by atoms with E-state index in [0.717, 1.165) is 5.56 Å². The Labute approximate surface area is 100.0 Å². The minimum Gasteiger partial charge on any atom is -0.481 e. The molecule has 0 saturated carbocycles. The van der Waals surface area contributed by atoms with E-state index in [1.807, 2.05) is 30.3 Å². The van der Waals surface area contributed by atoms with Crippen molar-refractivity contribution in [1.82, 2.24) is 5.32 Å². The molecule has 17 heavy (non-hydrogen) atoms. The number of aliphatic carboxylic acids is 1. The highest BCUT2D eigenvalue weighted by atomic mass is 16.4. The van der Waals surface area contributed by atoms with E-state index in [0.29, 0.717) is 6.42 Å². The van der Waals surface area contributed by atoms with E-state index in [9.17, 15) is 9.59 Å². The highest BCUT2D eigenvalue weighted by Crippen LogP contribution is 2.18. The molecule has 1 amide bonds. The molecule has 0 radical (unpaired) electrons. The van der Waals surface area contributed by atoms with Gasteiger partial charge in [0.2, 0.25) is 5.91 Å². The van der Waals surface area contributed by atoms with Gasteiger partial charge in [0.1, 0.15) is 0 Å². The van der Waals surface area contributed by atoms with Crippen LogP contribution in [0.3, 0.4) is 0 Å². The fraction of sp³-hybridized carbons (Fsp3) is 0.231. The first-order chi connectivity index (χ1) is 8.13. The predicted molar refractivity (Wildman–Crippen MR) is 64.4 cm³/mol. The molecule has 0 aromatic heterocycles. The number of carbonyl (C=O) groups excluding carboxylic acids is 1. The number of rotatable bonds is 6. The van der Waals surface area contributed by atoms with Gasteiger partial charge in [0.15, 0.2) is 0 Å². The molecule has 4 heteroatoms. The number of nitrogens with one attached hydrogen (secondary N) is 1. The molecule has 0 spiro atoms. The van der Waals surface area contributed by atoms with Crippen molar-refractivity contribution in [3.8, 4) is 0 Å². The zero-order chi connectivity index (χ0) is 12.7. The van der Waals surface area contributed by atoms with Gasteiger partial charge >= 0.3 is 5.97 Å². The summed E-state index contributed by atoms with van der Waals surface area (Å²) in [7, 11) is 0. The van der Waals surface area contributed by atoms with Crippen molar-refractivity contribution in [1.29, 1.82) is 0 Å². The molecule has 0 fully saturated rings. The molecule has 0 heterocycles. The summed E-state index contributed by atoms with van der Waals surface area (Å²) in [6.07, 6.45) is 1.55. The average Bonchev–Trinajstić information content (AvgIpc) is 2.35. The molecule has 1 unspecified atom stereocenters. The minimum absolute atomic E-state index is 0.0109. The van der Waals surface area contributed by atoms with Gasteiger partial charge in [-0.05, 0) is 18.1 Å². The van der Waals surface area contributed by atoms with Crippen LogP contribution < -0.4 is 5.32 Å². The van der Waals surface area contributed by atoms with Crippen molar-refractivity contribution in [2.45, 2.75) is 18.9 Å². The summed E-state index contributed by atoms with van der Waals surface area (Å²) in [5.41, 5.74) is 0.893. The van der Waals surface area contributed by atoms with E-state index in [-0.39, 0.29) is 18.4 Å². The highest BCUT2D eigenvalue weighted by molar-refractivity contribution is 5.87. The maximum absolute atomic E-state index is 11.3. The third-order valence-corrected chi connectivity index (χ3v) is 2.35. The number of carboxylic acid groups (broad SMARTS) is 1. The molecule has 4 nitrogen and oxygen atoms in total. The fourth-order valence-electron chi connectivity index (χ4n) is 1.51. The molecule has 0 aliphatic carbocycles. The summed E-state index contributed by atoms with van der Waals surface area (Å²) in [6.45, 7) is 3.37. The second-order valence-corrected chi connectivity index (χ2v) is 3.61. The maximum atomic E-state index is 11.3. The van der Waals surface area contributed by atoms with Crippen LogP contribution >= 0.6 is 0 Å². The van der Waals surface area contributed by atoms with Crippen molar-refractivity contribution in [2.75, 3.05) is 0 Å². The van der Waals surface area contributed by atoms with Crippen molar-refractivity contribution < 1.29 is 14.7 Å². The van der Waals surface area contributed by atoms with Gasteiger partial charge < -0.3 is 10.4 Å². The Hall–Kier alpha value is -2.10. The van der Waals surface area contributed by atoms with Gasteiger partial charge in [0.25, 0.3) is 0 Å². The maximum Gasteiger partial charge on any atom is 0.303 e. The summed E-state index contributed by atoms with van der Waals surface area (Å²) < 4.78 is 0. The molecule has 0 bridgehead atoms. The van der Waals surface area contributed by atoms with Crippen molar-refractivity contribution in [3.05, 3.63) is 48.6 Å². The van der Waals surface area contributed by atoms with Crippen LogP contribution in [0.25, 0.3) is 0 Å². The smallest absolute Gasteiger partial charge is 0.303 e. The number of carbonyl (C=O) groups is 2. The normalized spacial score (nSPS) is 11.5. The van der Waals surface area contributed by atoms with E-state index < -0.39 is 5.97 Å². The molecule has 0 aliphatic rings. The lowest BCUT2D eigenvalue weighted by Crippen LogP contribution is -2.27. The summed E-state index contributed by atoms with van der Waals surface area (Å²) in [4.78, 5) is 21.8. The van der Waals surface area contributed by atoms with E-state index in [4.69, 9.17) is 5.11 Å². The molecular formula is C13H15NO3. The lowest BCUT2D eigenvalue weighted by molar-refractivity contribution is -0.137. The monoisotopic (exact) mass is 233 g/mol. The van der Waals surface area contributed by atoms with Crippen LogP contribution in [0, 0.1) is 0 Å². The summed E-state index contributed by atoms with van der Waals surface area (Å²) in [5, 5.41) is 11.4. The standard InChI is InChI=1S/C13H15NO3/c1-2-12(15)14-11(8-9-13(16)17)10-6-4-3-5-7-10/h2-7,11H,1,8-9H2,(H,14,15)(H,16,17). The Morgan fingerprint density at radius 1 is 1.35 bits per heavy atom. The molecule has 1 aromatic rings. The average molecular weight is 233 g/mol. The van der Waals surface area contributed by atoms with Gasteiger partial charge in [-0.2, -0.15) is 0 Å². The fourth-order valence-corrected chi connectivity index (χ4v) is 1.51. The van der Waals surface area contributed by atoms with E-state index in [1.54, 1.807) is 0 Å². The first kappa shape index (κ1) is 13.0. The third-order valence-electron chi connectivity index (χ3n) is 2.35. The SMILES string of the molecule is C=CC(=O)NC(CCC(=O)O)c1ccccc1. The van der Waals surface area contributed by atoms with Crippen molar-refractivity contribution >= 4 is 11.9 Å². The van der Waals surface area contributed by atoms with Crippen LogP contribution in [-0.2, 0) is 9.59 Å². The quantitative estimate of drug-likeness (QED) is 0.737. The number of carboxylic acids is 1. The summed E-state index contributed by atoms with van der Waals surface area (Å²) in [5.74, 6) is -1.18. The van der Waals surface area contributed by atoms with E-state index in [1.165, 1.54) is 6.08 Å². The van der Waals surface area contributed by atoms with Gasteiger partial charge in [-0.25, -0.2) is 0 Å². The second-order valence-electron chi connectivity index (χ2n) is 3.61. The Morgan fingerprint density at radius 2 is 2.00 bits per heavy atom. The molecule has 0 saturated heterocycles. The molecule has 1 aromatic carbocycles. The first-order valence-electron chi connectivity index (χ1n) is 5.33. The third kappa shape index (κ3) is 4.51. The zero-order valence-corrected chi connectivity index (χ0v) is 9.43. The van der Waals surface area contributed by atoms with Gasteiger partial charge in [-0.15, -0.1) is 0 Å². The largest absolute Gasteiger partial charge is 0.481 e. The Balaban J connectivity index is 2.75. The number of amides is 1. The molecule has 1 rings (SSSR count). The second kappa shape index (κ2) is 6.48. The van der Waals surface area contributed by atoms with Crippen LogP contribution in [0.4, 0.5) is 0 Å². The molecule has 0 aliphatic heterocycles. The van der Waals surface area contributed by atoms with E-state index in [2.05, 4.69) is 11.9 Å².